The van der Waals surface area contributed by atoms with Gasteiger partial charge in [-0.3, -0.25) is 24.0 Å². The Morgan fingerprint density at radius 2 is 1.59 bits per heavy atom. The predicted molar refractivity (Wildman–Crippen MR) is 293 cm³/mol. The number of aliphatic carboxylic acids is 1. The third kappa shape index (κ3) is 16.1. The first-order valence-electron chi connectivity index (χ1n) is 26.4. The molecule has 23 heteroatoms. The fourth-order valence-corrected chi connectivity index (χ4v) is 8.83. The molecule has 5 aromatic rings. The molecule has 4 aromatic heterocycles. The fourth-order valence-electron chi connectivity index (χ4n) is 8.83. The van der Waals surface area contributed by atoms with Crippen molar-refractivity contribution in [3.8, 4) is 29.0 Å². The summed E-state index contributed by atoms with van der Waals surface area (Å²) in [6.45, 7) is 14.9. The molecule has 7 rings (SSSR count). The number of pyridine rings is 3. The number of carboxylic acid groups (broad SMARTS) is 1. The van der Waals surface area contributed by atoms with Crippen molar-refractivity contribution in [2.75, 3.05) is 82.2 Å². The van der Waals surface area contributed by atoms with E-state index in [2.05, 4.69) is 42.0 Å². The Hall–Kier alpha value is -8.46. The Morgan fingerprint density at radius 1 is 0.850 bits per heavy atom. The number of anilines is 2. The van der Waals surface area contributed by atoms with Crippen LogP contribution in [0.25, 0.3) is 11.3 Å². The molecule has 1 saturated heterocycles. The Kier molecular flexibility index (Phi) is 20.3. The molecule has 0 spiro atoms. The van der Waals surface area contributed by atoms with Gasteiger partial charge in [-0.2, -0.15) is 5.26 Å². The molecule has 1 fully saturated rings. The number of carbonyl (C=O) groups excluding carboxylic acids is 5. The first-order chi connectivity index (χ1) is 38.3. The Balaban J connectivity index is 0.718. The number of Topliss-reactive ketones (excluding diaryl/α,β-unsaturated/α-hetero) is 1. The molecule has 6 heterocycles. The van der Waals surface area contributed by atoms with E-state index in [0.29, 0.717) is 90.2 Å². The van der Waals surface area contributed by atoms with Crippen molar-refractivity contribution in [3.63, 3.8) is 0 Å². The number of fused-ring (bicyclic) bond motifs is 1. The zero-order valence-corrected chi connectivity index (χ0v) is 45.9. The van der Waals surface area contributed by atoms with Crippen molar-refractivity contribution in [1.29, 1.82) is 5.26 Å². The molecule has 4 amide bonds. The quantitative estimate of drug-likeness (QED) is 0.0529. The number of piperazine rings is 1. The molecule has 0 bridgehead atoms. The number of carbonyl (C=O) groups is 6. The summed E-state index contributed by atoms with van der Waals surface area (Å²) in [6, 6.07) is 17.5. The number of aromatic nitrogens is 5. The van der Waals surface area contributed by atoms with Crippen LogP contribution in [0.5, 0.6) is 11.6 Å². The molecule has 1 aromatic carbocycles. The van der Waals surface area contributed by atoms with Crippen molar-refractivity contribution in [1.82, 2.24) is 45.8 Å². The highest BCUT2D eigenvalue weighted by atomic mass is 16.5. The van der Waals surface area contributed by atoms with Gasteiger partial charge in [-0.15, -0.1) is 0 Å². The highest BCUT2D eigenvalue weighted by Crippen LogP contribution is 2.40. The maximum absolute atomic E-state index is 13.4. The largest absolute Gasteiger partial charge is 0.480 e. The third-order valence-corrected chi connectivity index (χ3v) is 13.4. The highest BCUT2D eigenvalue weighted by Gasteiger charge is 2.45. The second kappa shape index (κ2) is 27.4. The van der Waals surface area contributed by atoms with Crippen molar-refractivity contribution in [3.05, 3.63) is 113 Å². The van der Waals surface area contributed by atoms with E-state index in [4.69, 9.17) is 23.9 Å². The molecule has 2 aliphatic rings. The molecule has 0 saturated carbocycles. The van der Waals surface area contributed by atoms with Crippen LogP contribution in [0.1, 0.15) is 103 Å². The van der Waals surface area contributed by atoms with E-state index in [1.54, 1.807) is 66.0 Å². The highest BCUT2D eigenvalue weighted by molar-refractivity contribution is 6.13. The van der Waals surface area contributed by atoms with Gasteiger partial charge in [-0.05, 0) is 81.5 Å². The molecule has 80 heavy (non-hydrogen) atoms. The lowest BCUT2D eigenvalue weighted by atomic mass is 9.88. The van der Waals surface area contributed by atoms with Gasteiger partial charge < -0.3 is 54.7 Å². The lowest BCUT2D eigenvalue weighted by Gasteiger charge is -2.39. The molecule has 0 radical (unpaired) electrons. The maximum atomic E-state index is 13.4. The summed E-state index contributed by atoms with van der Waals surface area (Å²) < 4.78 is 22.4. The molecular formula is C57H68N12O11. The number of hydrogen-bond donors (Lipinski definition) is 4. The molecule has 0 unspecified atom stereocenters. The Labute approximate surface area is 464 Å². The number of benzene rings is 1. The van der Waals surface area contributed by atoms with Gasteiger partial charge in [0.25, 0.3) is 11.8 Å². The summed E-state index contributed by atoms with van der Waals surface area (Å²) in [5, 5.41) is 27.2. The van der Waals surface area contributed by atoms with Crippen LogP contribution >= 0.6 is 0 Å². The maximum Gasteiger partial charge on any atom is 0.326 e. The van der Waals surface area contributed by atoms with Gasteiger partial charge in [0, 0.05) is 92.7 Å². The molecule has 2 atom stereocenters. The predicted octanol–water partition coefficient (Wildman–Crippen LogP) is 5.01. The monoisotopic (exact) mass is 1100 g/mol. The molecular weight excluding hydrogens is 1030 g/mol. The molecule has 23 nitrogen and oxygen atoms in total. The van der Waals surface area contributed by atoms with E-state index < -0.39 is 23.5 Å². The number of amides is 4. The first-order valence-corrected chi connectivity index (χ1v) is 26.4. The van der Waals surface area contributed by atoms with Gasteiger partial charge in [0.2, 0.25) is 23.6 Å². The van der Waals surface area contributed by atoms with Crippen LogP contribution < -0.4 is 30.5 Å². The average Bonchev–Trinajstić information content (AvgIpc) is 3.67. The van der Waals surface area contributed by atoms with Gasteiger partial charge >= 0.3 is 5.97 Å². The summed E-state index contributed by atoms with van der Waals surface area (Å²) in [5.41, 5.74) is 2.28. The second-order valence-corrected chi connectivity index (χ2v) is 20.9. The summed E-state index contributed by atoms with van der Waals surface area (Å²) in [7, 11) is 0. The normalized spacial score (nSPS) is 15.1. The van der Waals surface area contributed by atoms with Crippen molar-refractivity contribution < 1.29 is 52.8 Å². The fraction of sp³-hybridized carbons (Fsp3) is 0.439. The van der Waals surface area contributed by atoms with Crippen molar-refractivity contribution in [2.24, 2.45) is 5.41 Å². The molecule has 0 aliphatic carbocycles. The second-order valence-electron chi connectivity index (χ2n) is 20.9. The van der Waals surface area contributed by atoms with E-state index in [1.807, 2.05) is 57.4 Å². The minimum atomic E-state index is -1.11. The van der Waals surface area contributed by atoms with Crippen LogP contribution in [0.4, 0.5) is 11.8 Å². The summed E-state index contributed by atoms with van der Waals surface area (Å²) in [4.78, 5) is 104. The van der Waals surface area contributed by atoms with Crippen LogP contribution in [0, 0.1) is 16.7 Å². The Morgan fingerprint density at radius 3 is 2.27 bits per heavy atom. The smallest absolute Gasteiger partial charge is 0.326 e. The van der Waals surface area contributed by atoms with Crippen molar-refractivity contribution >= 4 is 47.1 Å². The number of ether oxygens (including phenoxy) is 4. The van der Waals surface area contributed by atoms with Gasteiger partial charge in [-0.1, -0.05) is 32.9 Å². The zero-order chi connectivity index (χ0) is 57.4. The molecule has 2 aliphatic heterocycles. The number of rotatable bonds is 26. The standard InChI is InChI=1S/C57H68N12O11/c1-37-35-67(55-63-32-41(33-64-55)44-14-13-43-50(72)57(5,6)69(51(43)65-44)36-40-10-8-19-59-46(40)30-58)21-22-68(37)49(71)34-61-47(70)17-23-77-25-27-79-28-26-78-24-20-60-52(73)38-9-7-11-42(29-38)80-48-15-12-39(31-62-48)53(74)66-45(54(75)76)16-18-56(2,3)4/h7-15,19,29,31-33,37,45H,16-18,20-28,34-36H2,1-6H3,(H,60,73)(H,61,70)(H,66,74)(H,75,76)/t37-,45+/m1/s1. The number of nitrogens with one attached hydrogen (secondary N) is 3. The van der Waals surface area contributed by atoms with Gasteiger partial charge in [0.1, 0.15) is 29.4 Å². The third-order valence-electron chi connectivity index (χ3n) is 13.4. The summed E-state index contributed by atoms with van der Waals surface area (Å²) in [5.74, 6) is -1.04. The van der Waals surface area contributed by atoms with Crippen LogP contribution in [-0.4, -0.2) is 160 Å². The van der Waals surface area contributed by atoms with Gasteiger partial charge in [0.05, 0.1) is 68.5 Å². The number of carboxylic acids is 1. The average molecular weight is 1100 g/mol. The number of nitriles is 1. The summed E-state index contributed by atoms with van der Waals surface area (Å²) >= 11 is 0. The number of hydrogen-bond acceptors (Lipinski definition) is 18. The minimum Gasteiger partial charge on any atom is -0.480 e. The Bertz CT molecular complexity index is 3040. The van der Waals surface area contributed by atoms with E-state index in [1.165, 1.54) is 18.3 Å². The first kappa shape index (κ1) is 59.2. The minimum absolute atomic E-state index is 0.0648. The number of ketones is 1. The lowest BCUT2D eigenvalue weighted by Crippen LogP contribution is -2.56. The number of nitrogens with zero attached hydrogens (tertiary/aromatic N) is 9. The molecule has 4 N–H and O–H groups in total. The van der Waals surface area contributed by atoms with E-state index in [9.17, 15) is 39.1 Å². The lowest BCUT2D eigenvalue weighted by molar-refractivity contribution is -0.139. The van der Waals surface area contributed by atoms with Crippen LogP contribution in [0.15, 0.2) is 85.5 Å². The zero-order valence-electron chi connectivity index (χ0n) is 45.9. The van der Waals surface area contributed by atoms with E-state index >= 15 is 0 Å². The topological polar surface area (TPSA) is 294 Å². The SMILES string of the molecule is C[C@@H]1CN(c2ncc(-c3ccc4c(n3)N(Cc3cccnc3C#N)C(C)(C)C4=O)cn2)CCN1C(=O)CNC(=O)CCOCCOCCOCCNC(=O)c1cccc(Oc2ccc(C(=O)N[C@@H](CCC(C)(C)C)C(=O)O)cn2)c1. The van der Waals surface area contributed by atoms with Gasteiger partial charge in [-0.25, -0.2) is 29.7 Å². The van der Waals surface area contributed by atoms with E-state index in [0.717, 1.165) is 0 Å². The van der Waals surface area contributed by atoms with Crippen LogP contribution in [-0.2, 0) is 35.1 Å². The van der Waals surface area contributed by atoms with Crippen LogP contribution in [0.2, 0.25) is 0 Å². The van der Waals surface area contributed by atoms with Crippen LogP contribution in [0.3, 0.4) is 0 Å². The van der Waals surface area contributed by atoms with Gasteiger partial charge in [0.15, 0.2) is 5.78 Å². The summed E-state index contributed by atoms with van der Waals surface area (Å²) in [6.07, 6.45) is 7.21. The van der Waals surface area contributed by atoms with Crippen molar-refractivity contribution in [2.45, 2.75) is 85.0 Å². The molecule has 422 valence electrons. The van der Waals surface area contributed by atoms with E-state index in [-0.39, 0.29) is 105 Å².